The lowest BCUT2D eigenvalue weighted by Gasteiger charge is -2.38. The standard InChI is InChI=1S/C13H21NO4/c1-13(2,12(16)17)8-11(15)14-6-7-18-10-5-3-4-9(10)14/h9-10H,3-8H2,1-2H3,(H,16,17). The molecule has 1 heterocycles. The Bertz CT molecular complexity index is 353. The summed E-state index contributed by atoms with van der Waals surface area (Å²) in [5.41, 5.74) is -0.997. The van der Waals surface area contributed by atoms with Crippen LogP contribution in [0.15, 0.2) is 0 Å². The van der Waals surface area contributed by atoms with Crippen molar-refractivity contribution in [3.8, 4) is 0 Å². The van der Waals surface area contributed by atoms with Gasteiger partial charge in [0.05, 0.1) is 24.2 Å². The summed E-state index contributed by atoms with van der Waals surface area (Å²) in [7, 11) is 0. The van der Waals surface area contributed by atoms with Gasteiger partial charge in [-0.2, -0.15) is 0 Å². The number of carbonyl (C=O) groups is 2. The Labute approximate surface area is 107 Å². The van der Waals surface area contributed by atoms with Crippen molar-refractivity contribution in [3.63, 3.8) is 0 Å². The van der Waals surface area contributed by atoms with E-state index in [1.165, 1.54) is 0 Å². The van der Waals surface area contributed by atoms with Crippen LogP contribution in [-0.2, 0) is 14.3 Å². The maximum absolute atomic E-state index is 12.3. The predicted molar refractivity (Wildman–Crippen MR) is 65.1 cm³/mol. The lowest BCUT2D eigenvalue weighted by atomic mass is 9.88. The smallest absolute Gasteiger partial charge is 0.309 e. The summed E-state index contributed by atoms with van der Waals surface area (Å²) in [6.07, 6.45) is 3.30. The average Bonchev–Trinajstić information content (AvgIpc) is 2.75. The van der Waals surface area contributed by atoms with E-state index in [2.05, 4.69) is 0 Å². The normalized spacial score (nSPS) is 28.0. The third-order valence-corrected chi connectivity index (χ3v) is 3.97. The van der Waals surface area contributed by atoms with Gasteiger partial charge in [0.25, 0.3) is 0 Å². The zero-order valence-corrected chi connectivity index (χ0v) is 11.0. The topological polar surface area (TPSA) is 66.8 Å². The fraction of sp³-hybridized carbons (Fsp3) is 0.846. The van der Waals surface area contributed by atoms with Crippen LogP contribution in [0.5, 0.6) is 0 Å². The fourth-order valence-electron chi connectivity index (χ4n) is 2.79. The first-order chi connectivity index (χ1) is 8.42. The molecule has 5 nitrogen and oxygen atoms in total. The highest BCUT2D eigenvalue weighted by Gasteiger charge is 2.40. The van der Waals surface area contributed by atoms with Gasteiger partial charge in [0, 0.05) is 13.0 Å². The van der Waals surface area contributed by atoms with Crippen molar-refractivity contribution in [3.05, 3.63) is 0 Å². The van der Waals surface area contributed by atoms with Crippen LogP contribution in [0.3, 0.4) is 0 Å². The van der Waals surface area contributed by atoms with Gasteiger partial charge < -0.3 is 14.7 Å². The number of carboxylic acids is 1. The molecule has 0 aromatic carbocycles. The number of hydrogen-bond donors (Lipinski definition) is 1. The van der Waals surface area contributed by atoms with Crippen LogP contribution in [-0.4, -0.2) is 47.2 Å². The summed E-state index contributed by atoms with van der Waals surface area (Å²) in [6.45, 7) is 4.36. The van der Waals surface area contributed by atoms with Crippen LogP contribution in [0.25, 0.3) is 0 Å². The molecular weight excluding hydrogens is 234 g/mol. The average molecular weight is 255 g/mol. The zero-order valence-electron chi connectivity index (χ0n) is 11.0. The second-order valence-electron chi connectivity index (χ2n) is 5.86. The highest BCUT2D eigenvalue weighted by atomic mass is 16.5. The molecule has 2 fully saturated rings. The van der Waals surface area contributed by atoms with Gasteiger partial charge in [-0.25, -0.2) is 0 Å². The molecule has 0 radical (unpaired) electrons. The minimum Gasteiger partial charge on any atom is -0.481 e. The van der Waals surface area contributed by atoms with Gasteiger partial charge in [-0.15, -0.1) is 0 Å². The van der Waals surface area contributed by atoms with Crippen molar-refractivity contribution in [1.82, 2.24) is 4.90 Å². The Kier molecular flexibility index (Phi) is 3.61. The highest BCUT2D eigenvalue weighted by Crippen LogP contribution is 2.31. The Morgan fingerprint density at radius 3 is 2.78 bits per heavy atom. The molecule has 0 aromatic heterocycles. The van der Waals surface area contributed by atoms with E-state index in [1.807, 2.05) is 4.90 Å². The molecule has 2 atom stereocenters. The molecule has 18 heavy (non-hydrogen) atoms. The second-order valence-corrected chi connectivity index (χ2v) is 5.86. The molecular formula is C13H21NO4. The van der Waals surface area contributed by atoms with Crippen LogP contribution in [0, 0.1) is 5.41 Å². The summed E-state index contributed by atoms with van der Waals surface area (Å²) in [5, 5.41) is 9.08. The van der Waals surface area contributed by atoms with Crippen molar-refractivity contribution in [2.45, 2.75) is 51.7 Å². The van der Waals surface area contributed by atoms with Crippen LogP contribution in [0.1, 0.15) is 39.5 Å². The molecule has 2 aliphatic rings. The quantitative estimate of drug-likeness (QED) is 0.824. The van der Waals surface area contributed by atoms with Gasteiger partial charge in [0.15, 0.2) is 0 Å². The third kappa shape index (κ3) is 2.51. The second kappa shape index (κ2) is 4.88. The van der Waals surface area contributed by atoms with E-state index >= 15 is 0 Å². The monoisotopic (exact) mass is 255 g/mol. The summed E-state index contributed by atoms with van der Waals surface area (Å²) in [5.74, 6) is -0.977. The molecule has 2 rings (SSSR count). The molecule has 1 amide bonds. The van der Waals surface area contributed by atoms with Crippen LogP contribution in [0.2, 0.25) is 0 Å². The number of morpholine rings is 1. The van der Waals surface area contributed by atoms with Gasteiger partial charge in [-0.1, -0.05) is 0 Å². The Balaban J connectivity index is 2.02. The lowest BCUT2D eigenvalue weighted by Crippen LogP contribution is -2.52. The van der Waals surface area contributed by atoms with Crippen molar-refractivity contribution < 1.29 is 19.4 Å². The van der Waals surface area contributed by atoms with E-state index in [9.17, 15) is 9.59 Å². The number of nitrogens with zero attached hydrogens (tertiary/aromatic N) is 1. The minimum atomic E-state index is -0.997. The molecule has 5 heteroatoms. The first kappa shape index (κ1) is 13.3. The van der Waals surface area contributed by atoms with E-state index in [1.54, 1.807) is 13.8 Å². The van der Waals surface area contributed by atoms with Crippen LogP contribution < -0.4 is 0 Å². The number of amides is 1. The molecule has 0 spiro atoms. The van der Waals surface area contributed by atoms with E-state index in [4.69, 9.17) is 9.84 Å². The summed E-state index contributed by atoms with van der Waals surface area (Å²) in [6, 6.07) is 0.163. The van der Waals surface area contributed by atoms with Crippen LogP contribution >= 0.6 is 0 Å². The fourth-order valence-corrected chi connectivity index (χ4v) is 2.79. The van der Waals surface area contributed by atoms with Gasteiger partial charge in [0.1, 0.15) is 0 Å². The number of hydrogen-bond acceptors (Lipinski definition) is 3. The van der Waals surface area contributed by atoms with E-state index in [0.29, 0.717) is 13.2 Å². The summed E-state index contributed by atoms with van der Waals surface area (Å²) < 4.78 is 5.65. The number of carboxylic acid groups (broad SMARTS) is 1. The van der Waals surface area contributed by atoms with E-state index in [0.717, 1.165) is 19.3 Å². The van der Waals surface area contributed by atoms with Gasteiger partial charge in [-0.05, 0) is 33.1 Å². The van der Waals surface area contributed by atoms with Crippen molar-refractivity contribution >= 4 is 11.9 Å². The Hall–Kier alpha value is -1.10. The molecule has 0 aromatic rings. The summed E-state index contributed by atoms with van der Waals surface area (Å²) >= 11 is 0. The first-order valence-electron chi connectivity index (χ1n) is 6.56. The van der Waals surface area contributed by atoms with Gasteiger partial charge in [0.2, 0.25) is 5.91 Å². The van der Waals surface area contributed by atoms with Crippen molar-refractivity contribution in [2.24, 2.45) is 5.41 Å². The molecule has 1 N–H and O–H groups in total. The lowest BCUT2D eigenvalue weighted by molar-refractivity contribution is -0.155. The maximum Gasteiger partial charge on any atom is 0.309 e. The number of carbonyl (C=O) groups excluding carboxylic acids is 1. The van der Waals surface area contributed by atoms with Gasteiger partial charge >= 0.3 is 5.97 Å². The Morgan fingerprint density at radius 2 is 2.11 bits per heavy atom. The van der Waals surface area contributed by atoms with Crippen molar-refractivity contribution in [1.29, 1.82) is 0 Å². The van der Waals surface area contributed by atoms with Gasteiger partial charge in [-0.3, -0.25) is 9.59 Å². The summed E-state index contributed by atoms with van der Waals surface area (Å²) in [4.78, 5) is 25.2. The molecule has 1 saturated heterocycles. The maximum atomic E-state index is 12.3. The number of fused-ring (bicyclic) bond motifs is 1. The van der Waals surface area contributed by atoms with E-state index < -0.39 is 11.4 Å². The SMILES string of the molecule is CC(C)(CC(=O)N1CCOC2CCCC21)C(=O)O. The zero-order chi connectivity index (χ0) is 13.3. The number of aliphatic carboxylic acids is 1. The molecule has 1 aliphatic heterocycles. The van der Waals surface area contributed by atoms with Crippen molar-refractivity contribution in [2.75, 3.05) is 13.2 Å². The molecule has 2 unspecified atom stereocenters. The molecule has 0 bridgehead atoms. The molecule has 102 valence electrons. The predicted octanol–water partition coefficient (Wildman–Crippen LogP) is 1.27. The minimum absolute atomic E-state index is 0.0531. The Morgan fingerprint density at radius 1 is 1.39 bits per heavy atom. The first-order valence-corrected chi connectivity index (χ1v) is 6.56. The largest absolute Gasteiger partial charge is 0.481 e. The number of rotatable bonds is 3. The van der Waals surface area contributed by atoms with Crippen LogP contribution in [0.4, 0.5) is 0 Å². The third-order valence-electron chi connectivity index (χ3n) is 3.97. The molecule has 1 aliphatic carbocycles. The molecule has 1 saturated carbocycles. The highest BCUT2D eigenvalue weighted by molar-refractivity contribution is 5.84. The number of ether oxygens (including phenoxy) is 1. The van der Waals surface area contributed by atoms with E-state index in [-0.39, 0.29) is 24.5 Å².